The maximum atomic E-state index is 12.2. The molecular formula is C14H22N2O5. The summed E-state index contributed by atoms with van der Waals surface area (Å²) in [7, 11) is 0. The Kier molecular flexibility index (Phi) is 3.86. The van der Waals surface area contributed by atoms with E-state index in [4.69, 9.17) is 9.84 Å². The molecule has 1 aliphatic carbocycles. The van der Waals surface area contributed by atoms with Crippen LogP contribution in [-0.2, 0) is 14.3 Å². The van der Waals surface area contributed by atoms with Crippen molar-refractivity contribution in [2.24, 2.45) is 5.41 Å². The van der Waals surface area contributed by atoms with Gasteiger partial charge in [-0.15, -0.1) is 0 Å². The molecule has 2 amide bonds. The van der Waals surface area contributed by atoms with Crippen molar-refractivity contribution in [2.75, 3.05) is 26.2 Å². The van der Waals surface area contributed by atoms with Crippen molar-refractivity contribution in [3.05, 3.63) is 0 Å². The Morgan fingerprint density at radius 2 is 1.48 bits per heavy atom. The number of amides is 2. The maximum Gasteiger partial charge on any atom is 0.410 e. The van der Waals surface area contributed by atoms with Crippen molar-refractivity contribution in [3.8, 4) is 0 Å². The molecule has 0 spiro atoms. The molecule has 7 heteroatoms. The summed E-state index contributed by atoms with van der Waals surface area (Å²) in [5, 5.41) is 9.14. The number of carbonyl (C=O) groups is 3. The fourth-order valence-corrected chi connectivity index (χ4v) is 2.37. The summed E-state index contributed by atoms with van der Waals surface area (Å²) in [5.41, 5.74) is -1.75. The summed E-state index contributed by atoms with van der Waals surface area (Å²) in [6.45, 7) is 6.85. The van der Waals surface area contributed by atoms with Gasteiger partial charge in [0.1, 0.15) is 11.0 Å². The van der Waals surface area contributed by atoms with Crippen LogP contribution in [0.1, 0.15) is 33.6 Å². The molecule has 1 heterocycles. The summed E-state index contributed by atoms with van der Waals surface area (Å²) >= 11 is 0. The fraction of sp³-hybridized carbons (Fsp3) is 0.786. The highest BCUT2D eigenvalue weighted by Crippen LogP contribution is 2.47. The van der Waals surface area contributed by atoms with Gasteiger partial charge in [0.2, 0.25) is 5.91 Å². The van der Waals surface area contributed by atoms with Crippen molar-refractivity contribution in [2.45, 2.75) is 39.2 Å². The quantitative estimate of drug-likeness (QED) is 0.766. The van der Waals surface area contributed by atoms with Crippen LogP contribution in [0.5, 0.6) is 0 Å². The first kappa shape index (κ1) is 15.6. The monoisotopic (exact) mass is 298 g/mol. The van der Waals surface area contributed by atoms with Crippen LogP contribution in [0.15, 0.2) is 0 Å². The molecule has 1 aliphatic heterocycles. The molecule has 118 valence electrons. The van der Waals surface area contributed by atoms with E-state index < -0.39 is 23.1 Å². The first-order valence-corrected chi connectivity index (χ1v) is 7.16. The highest BCUT2D eigenvalue weighted by atomic mass is 16.6. The third-order valence-electron chi connectivity index (χ3n) is 3.79. The topological polar surface area (TPSA) is 87.2 Å². The highest BCUT2D eigenvalue weighted by Gasteiger charge is 2.58. The number of carboxylic acid groups (broad SMARTS) is 1. The van der Waals surface area contributed by atoms with Crippen LogP contribution in [0.4, 0.5) is 4.79 Å². The second-order valence-electron chi connectivity index (χ2n) is 6.65. The van der Waals surface area contributed by atoms with E-state index in [-0.39, 0.29) is 5.91 Å². The summed E-state index contributed by atoms with van der Waals surface area (Å²) in [5.74, 6) is -1.36. The van der Waals surface area contributed by atoms with E-state index in [1.807, 2.05) is 0 Å². The Morgan fingerprint density at radius 1 is 1.00 bits per heavy atom. The van der Waals surface area contributed by atoms with E-state index >= 15 is 0 Å². The molecule has 0 unspecified atom stereocenters. The van der Waals surface area contributed by atoms with Crippen LogP contribution in [0.2, 0.25) is 0 Å². The van der Waals surface area contributed by atoms with Gasteiger partial charge < -0.3 is 19.6 Å². The van der Waals surface area contributed by atoms with Gasteiger partial charge in [-0.2, -0.15) is 0 Å². The molecule has 0 aromatic heterocycles. The summed E-state index contributed by atoms with van der Waals surface area (Å²) in [4.78, 5) is 38.4. The van der Waals surface area contributed by atoms with Gasteiger partial charge in [0, 0.05) is 26.2 Å². The average Bonchev–Trinajstić information content (AvgIpc) is 3.17. The van der Waals surface area contributed by atoms with Gasteiger partial charge in [-0.1, -0.05) is 0 Å². The van der Waals surface area contributed by atoms with Crippen molar-refractivity contribution in [1.82, 2.24) is 9.80 Å². The van der Waals surface area contributed by atoms with E-state index in [2.05, 4.69) is 0 Å². The Balaban J connectivity index is 1.88. The molecular weight excluding hydrogens is 276 g/mol. The van der Waals surface area contributed by atoms with E-state index in [0.717, 1.165) is 0 Å². The molecule has 21 heavy (non-hydrogen) atoms. The minimum Gasteiger partial charge on any atom is -0.480 e. The van der Waals surface area contributed by atoms with Gasteiger partial charge in [-0.05, 0) is 33.6 Å². The van der Waals surface area contributed by atoms with E-state index in [1.54, 1.807) is 30.6 Å². The molecule has 2 aliphatic rings. The van der Waals surface area contributed by atoms with E-state index in [0.29, 0.717) is 39.0 Å². The molecule has 0 atom stereocenters. The minimum absolute atomic E-state index is 0.321. The lowest BCUT2D eigenvalue weighted by Crippen LogP contribution is -2.54. The van der Waals surface area contributed by atoms with Gasteiger partial charge in [0.25, 0.3) is 0 Å². The molecule has 7 nitrogen and oxygen atoms in total. The number of nitrogens with zero attached hydrogens (tertiary/aromatic N) is 2. The SMILES string of the molecule is CC(C)(C)OC(=O)N1CCN(C(=O)C2(C(=O)O)CC2)CC1. The van der Waals surface area contributed by atoms with Gasteiger partial charge in [-0.25, -0.2) is 4.79 Å². The van der Waals surface area contributed by atoms with Crippen molar-refractivity contribution < 1.29 is 24.2 Å². The van der Waals surface area contributed by atoms with Crippen molar-refractivity contribution in [1.29, 1.82) is 0 Å². The number of carbonyl (C=O) groups excluding carboxylic acids is 2. The molecule has 0 aromatic carbocycles. The number of ether oxygens (including phenoxy) is 1. The number of hydrogen-bond donors (Lipinski definition) is 1. The molecule has 2 rings (SSSR count). The molecule has 0 radical (unpaired) electrons. The Hall–Kier alpha value is -1.79. The van der Waals surface area contributed by atoms with E-state index in [9.17, 15) is 14.4 Å². The third-order valence-corrected chi connectivity index (χ3v) is 3.79. The van der Waals surface area contributed by atoms with Crippen LogP contribution in [0, 0.1) is 5.41 Å². The van der Waals surface area contributed by atoms with Gasteiger partial charge in [-0.3, -0.25) is 9.59 Å². The second kappa shape index (κ2) is 5.20. The van der Waals surface area contributed by atoms with Crippen LogP contribution < -0.4 is 0 Å². The molecule has 1 N–H and O–H groups in total. The lowest BCUT2D eigenvalue weighted by molar-refractivity contribution is -0.154. The third kappa shape index (κ3) is 3.28. The fourth-order valence-electron chi connectivity index (χ4n) is 2.37. The minimum atomic E-state index is -1.20. The predicted molar refractivity (Wildman–Crippen MR) is 73.7 cm³/mol. The zero-order valence-electron chi connectivity index (χ0n) is 12.7. The number of aliphatic carboxylic acids is 1. The van der Waals surface area contributed by atoms with Crippen LogP contribution in [0.25, 0.3) is 0 Å². The van der Waals surface area contributed by atoms with Crippen LogP contribution in [0.3, 0.4) is 0 Å². The summed E-state index contributed by atoms with van der Waals surface area (Å²) in [6.07, 6.45) is 0.426. The van der Waals surface area contributed by atoms with Gasteiger partial charge in [0.05, 0.1) is 0 Å². The standard InChI is InChI=1S/C14H22N2O5/c1-13(2,3)21-12(20)16-8-6-15(7-9-16)10(17)14(4-5-14)11(18)19/h4-9H2,1-3H3,(H,18,19). The Morgan fingerprint density at radius 3 is 1.86 bits per heavy atom. The van der Waals surface area contributed by atoms with Gasteiger partial charge >= 0.3 is 12.1 Å². The molecule has 2 fully saturated rings. The largest absolute Gasteiger partial charge is 0.480 e. The van der Waals surface area contributed by atoms with Crippen LogP contribution >= 0.6 is 0 Å². The normalized spacial score (nSPS) is 20.9. The smallest absolute Gasteiger partial charge is 0.410 e. The first-order chi connectivity index (χ1) is 9.66. The Bertz CT molecular complexity index is 456. The molecule has 0 bridgehead atoms. The van der Waals surface area contributed by atoms with Gasteiger partial charge in [0.15, 0.2) is 0 Å². The summed E-state index contributed by atoms with van der Waals surface area (Å²) < 4.78 is 5.28. The second-order valence-corrected chi connectivity index (χ2v) is 6.65. The lowest BCUT2D eigenvalue weighted by Gasteiger charge is -2.36. The highest BCUT2D eigenvalue weighted by molar-refractivity contribution is 6.04. The molecule has 1 saturated carbocycles. The first-order valence-electron chi connectivity index (χ1n) is 7.16. The number of carboxylic acids is 1. The predicted octanol–water partition coefficient (Wildman–Crippen LogP) is 0.930. The number of piperazine rings is 1. The van der Waals surface area contributed by atoms with Crippen molar-refractivity contribution >= 4 is 18.0 Å². The molecule has 0 aromatic rings. The van der Waals surface area contributed by atoms with E-state index in [1.165, 1.54) is 0 Å². The zero-order chi connectivity index (χ0) is 15.8. The summed E-state index contributed by atoms with van der Waals surface area (Å²) in [6, 6.07) is 0. The number of rotatable bonds is 2. The lowest BCUT2D eigenvalue weighted by atomic mass is 10.1. The molecule has 1 saturated heterocycles. The average molecular weight is 298 g/mol. The zero-order valence-corrected chi connectivity index (χ0v) is 12.7. The van der Waals surface area contributed by atoms with Crippen LogP contribution in [-0.4, -0.2) is 64.7 Å². The maximum absolute atomic E-state index is 12.2. The number of hydrogen-bond acceptors (Lipinski definition) is 4. The van der Waals surface area contributed by atoms with Crippen molar-refractivity contribution in [3.63, 3.8) is 0 Å². The Labute approximate surface area is 123 Å².